The van der Waals surface area contributed by atoms with Gasteiger partial charge in [0.05, 0.1) is 17.8 Å². The molecular weight excluding hydrogens is 314 g/mol. The number of anilines is 1. The van der Waals surface area contributed by atoms with Gasteiger partial charge < -0.3 is 4.74 Å². The van der Waals surface area contributed by atoms with Gasteiger partial charge in [-0.05, 0) is 30.3 Å². The summed E-state index contributed by atoms with van der Waals surface area (Å²) in [7, 11) is -2.47. The Kier molecular flexibility index (Phi) is 4.31. The summed E-state index contributed by atoms with van der Waals surface area (Å²) in [6.07, 6.45) is 1.35. The Bertz CT molecular complexity index is 816. The highest BCUT2D eigenvalue weighted by molar-refractivity contribution is 7.92. The van der Waals surface area contributed by atoms with Gasteiger partial charge in [0.25, 0.3) is 10.0 Å². The molecule has 0 radical (unpaired) electrons. The van der Waals surface area contributed by atoms with Crippen LogP contribution in [0.5, 0.6) is 5.75 Å². The van der Waals surface area contributed by atoms with Crippen LogP contribution in [0.1, 0.15) is 5.69 Å². The number of nitrogens with one attached hydrogen (secondary N) is 1. The van der Waals surface area contributed by atoms with Crippen LogP contribution < -0.4 is 9.46 Å². The fourth-order valence-corrected chi connectivity index (χ4v) is 3.05. The third kappa shape index (κ3) is 3.24. The van der Waals surface area contributed by atoms with Crippen molar-refractivity contribution in [2.45, 2.75) is 4.90 Å². The molecule has 0 atom stereocenters. The van der Waals surface area contributed by atoms with Crippen LogP contribution in [0, 0.1) is 11.3 Å². The number of hydrogen-bond donors (Lipinski definition) is 1. The molecule has 21 heavy (non-hydrogen) atoms. The first-order chi connectivity index (χ1) is 9.97. The van der Waals surface area contributed by atoms with Crippen LogP contribution in [-0.2, 0) is 10.0 Å². The van der Waals surface area contributed by atoms with Gasteiger partial charge in [-0.25, -0.2) is 13.4 Å². The molecular formula is C13H10ClN3O3S. The van der Waals surface area contributed by atoms with Crippen molar-refractivity contribution in [2.75, 3.05) is 11.8 Å². The van der Waals surface area contributed by atoms with E-state index in [-0.39, 0.29) is 21.3 Å². The second kappa shape index (κ2) is 5.99. The van der Waals surface area contributed by atoms with E-state index in [2.05, 4.69) is 9.71 Å². The zero-order valence-corrected chi connectivity index (χ0v) is 12.4. The molecule has 1 N–H and O–H groups in total. The van der Waals surface area contributed by atoms with Crippen LogP contribution in [-0.4, -0.2) is 20.5 Å². The quantitative estimate of drug-likeness (QED) is 0.932. The number of aromatic nitrogens is 1. The van der Waals surface area contributed by atoms with Gasteiger partial charge in [0, 0.05) is 6.20 Å². The van der Waals surface area contributed by atoms with Crippen molar-refractivity contribution in [1.82, 2.24) is 4.98 Å². The Hall–Kier alpha value is -2.30. The minimum absolute atomic E-state index is 0.176. The Labute approximate surface area is 127 Å². The van der Waals surface area contributed by atoms with Crippen LogP contribution in [0.25, 0.3) is 0 Å². The lowest BCUT2D eigenvalue weighted by Gasteiger charge is -2.10. The molecule has 1 aromatic heterocycles. The van der Waals surface area contributed by atoms with Crippen molar-refractivity contribution >= 4 is 27.3 Å². The van der Waals surface area contributed by atoms with E-state index in [1.54, 1.807) is 6.07 Å². The lowest BCUT2D eigenvalue weighted by molar-refractivity contribution is 0.415. The molecule has 2 aromatic rings. The Balaban J connectivity index is 2.38. The van der Waals surface area contributed by atoms with Gasteiger partial charge in [-0.1, -0.05) is 11.6 Å². The third-order valence-electron chi connectivity index (χ3n) is 2.57. The van der Waals surface area contributed by atoms with E-state index in [4.69, 9.17) is 21.6 Å². The van der Waals surface area contributed by atoms with E-state index in [1.165, 1.54) is 43.6 Å². The van der Waals surface area contributed by atoms with E-state index in [9.17, 15) is 8.42 Å². The predicted octanol–water partition coefficient (Wildman–Crippen LogP) is 2.42. The van der Waals surface area contributed by atoms with Crippen LogP contribution >= 0.6 is 11.6 Å². The normalized spacial score (nSPS) is 10.7. The molecule has 0 amide bonds. The maximum atomic E-state index is 12.3. The summed E-state index contributed by atoms with van der Waals surface area (Å²) < 4.78 is 31.9. The van der Waals surface area contributed by atoms with Crippen LogP contribution in [0.4, 0.5) is 5.69 Å². The van der Waals surface area contributed by atoms with Crippen molar-refractivity contribution in [3.63, 3.8) is 0 Å². The largest absolute Gasteiger partial charge is 0.495 e. The van der Waals surface area contributed by atoms with Crippen molar-refractivity contribution in [2.24, 2.45) is 0 Å². The van der Waals surface area contributed by atoms with Gasteiger partial charge >= 0.3 is 0 Å². The zero-order valence-electron chi connectivity index (χ0n) is 10.9. The highest BCUT2D eigenvalue weighted by atomic mass is 35.5. The number of sulfonamides is 1. The van der Waals surface area contributed by atoms with E-state index in [0.717, 1.165) is 0 Å². The lowest BCUT2D eigenvalue weighted by Crippen LogP contribution is -2.15. The molecule has 0 spiro atoms. The second-order valence-corrected chi connectivity index (χ2v) is 5.97. The third-order valence-corrected chi connectivity index (χ3v) is 4.28. The molecule has 1 heterocycles. The van der Waals surface area contributed by atoms with Gasteiger partial charge in [-0.2, -0.15) is 5.26 Å². The number of benzene rings is 1. The predicted molar refractivity (Wildman–Crippen MR) is 77.8 cm³/mol. The number of rotatable bonds is 4. The molecule has 0 unspecified atom stereocenters. The minimum atomic E-state index is -3.93. The first-order valence-corrected chi connectivity index (χ1v) is 7.55. The van der Waals surface area contributed by atoms with E-state index in [0.29, 0.717) is 5.75 Å². The Morgan fingerprint density at radius 3 is 2.76 bits per heavy atom. The number of ether oxygens (including phenoxy) is 1. The van der Waals surface area contributed by atoms with Crippen molar-refractivity contribution in [3.05, 3.63) is 47.2 Å². The number of halogens is 1. The van der Waals surface area contributed by atoms with Gasteiger partial charge in [0.1, 0.15) is 16.7 Å². The molecule has 0 fully saturated rings. The molecule has 0 aliphatic carbocycles. The van der Waals surface area contributed by atoms with Crippen molar-refractivity contribution in [1.29, 1.82) is 5.26 Å². The van der Waals surface area contributed by atoms with E-state index in [1.807, 2.05) is 0 Å². The van der Waals surface area contributed by atoms with Crippen LogP contribution in [0.3, 0.4) is 0 Å². The SMILES string of the molecule is COc1ccc(NS(=O)(=O)c2cccnc2C#N)cc1Cl. The average Bonchev–Trinajstić information content (AvgIpc) is 2.47. The standard InChI is InChI=1S/C13H10ClN3O3S/c1-20-12-5-4-9(7-10(12)14)17-21(18,19)13-3-2-6-16-11(13)8-15/h2-7,17H,1H3. The van der Waals surface area contributed by atoms with Crippen LogP contribution in [0.15, 0.2) is 41.4 Å². The molecule has 1 aromatic carbocycles. The highest BCUT2D eigenvalue weighted by Gasteiger charge is 2.19. The summed E-state index contributed by atoms with van der Waals surface area (Å²) >= 11 is 5.94. The monoisotopic (exact) mass is 323 g/mol. The number of hydrogen-bond acceptors (Lipinski definition) is 5. The van der Waals surface area contributed by atoms with Gasteiger partial charge in [-0.3, -0.25) is 4.72 Å². The summed E-state index contributed by atoms with van der Waals surface area (Å²) in [6, 6.07) is 8.94. The van der Waals surface area contributed by atoms with E-state index >= 15 is 0 Å². The Morgan fingerprint density at radius 2 is 2.14 bits per heavy atom. The van der Waals surface area contributed by atoms with Gasteiger partial charge in [0.2, 0.25) is 0 Å². The summed E-state index contributed by atoms with van der Waals surface area (Å²) in [5, 5.41) is 9.19. The molecule has 6 nitrogen and oxygen atoms in total. The van der Waals surface area contributed by atoms with Crippen molar-refractivity contribution in [3.8, 4) is 11.8 Å². The summed E-state index contributed by atoms with van der Waals surface area (Å²) in [5.74, 6) is 0.429. The fraction of sp³-hybridized carbons (Fsp3) is 0.0769. The smallest absolute Gasteiger partial charge is 0.264 e. The minimum Gasteiger partial charge on any atom is -0.495 e. The molecule has 108 valence electrons. The molecule has 0 aliphatic rings. The van der Waals surface area contributed by atoms with Gasteiger partial charge in [0.15, 0.2) is 5.69 Å². The van der Waals surface area contributed by atoms with Crippen molar-refractivity contribution < 1.29 is 13.2 Å². The zero-order chi connectivity index (χ0) is 15.5. The maximum Gasteiger partial charge on any atom is 0.264 e. The maximum absolute atomic E-state index is 12.3. The molecule has 0 aliphatic heterocycles. The summed E-state index contributed by atoms with van der Waals surface area (Å²) in [6.45, 7) is 0. The van der Waals surface area contributed by atoms with E-state index < -0.39 is 10.0 Å². The first kappa shape index (κ1) is 15.1. The summed E-state index contributed by atoms with van der Waals surface area (Å²) in [4.78, 5) is 3.53. The lowest BCUT2D eigenvalue weighted by atomic mass is 10.3. The molecule has 2 rings (SSSR count). The fourth-order valence-electron chi connectivity index (χ4n) is 1.63. The van der Waals surface area contributed by atoms with Crippen LogP contribution in [0.2, 0.25) is 5.02 Å². The number of methoxy groups -OCH3 is 1. The Morgan fingerprint density at radius 1 is 1.38 bits per heavy atom. The number of pyridine rings is 1. The first-order valence-electron chi connectivity index (χ1n) is 5.69. The average molecular weight is 324 g/mol. The molecule has 0 bridgehead atoms. The second-order valence-electron chi connectivity index (χ2n) is 3.92. The highest BCUT2D eigenvalue weighted by Crippen LogP contribution is 2.28. The number of nitriles is 1. The number of nitrogens with zero attached hydrogens (tertiary/aromatic N) is 2. The molecule has 0 saturated heterocycles. The van der Waals surface area contributed by atoms with Gasteiger partial charge in [-0.15, -0.1) is 0 Å². The molecule has 0 saturated carbocycles. The summed E-state index contributed by atoms with van der Waals surface area (Å²) in [5.41, 5.74) is 0.0816. The molecule has 8 heteroatoms. The topological polar surface area (TPSA) is 92.1 Å².